The minimum atomic E-state index is -0.157. The van der Waals surface area contributed by atoms with Crippen molar-refractivity contribution in [1.29, 1.82) is 0 Å². The van der Waals surface area contributed by atoms with Crippen molar-refractivity contribution < 1.29 is 4.39 Å². The lowest BCUT2D eigenvalue weighted by molar-refractivity contribution is 0.293. The van der Waals surface area contributed by atoms with Gasteiger partial charge >= 0.3 is 0 Å². The first-order valence-corrected chi connectivity index (χ1v) is 7.82. The van der Waals surface area contributed by atoms with Crippen LogP contribution >= 0.6 is 11.6 Å². The molecule has 0 bridgehead atoms. The van der Waals surface area contributed by atoms with E-state index in [-0.39, 0.29) is 5.82 Å². The second-order valence-electron chi connectivity index (χ2n) is 5.72. The van der Waals surface area contributed by atoms with Gasteiger partial charge in [0.25, 0.3) is 0 Å². The van der Waals surface area contributed by atoms with E-state index in [1.54, 1.807) is 12.1 Å². The van der Waals surface area contributed by atoms with E-state index in [2.05, 4.69) is 11.4 Å². The van der Waals surface area contributed by atoms with E-state index in [9.17, 15) is 4.39 Å². The van der Waals surface area contributed by atoms with E-state index in [1.165, 1.54) is 11.6 Å². The smallest absolute Gasteiger partial charge is 0.123 e. The van der Waals surface area contributed by atoms with Gasteiger partial charge in [0, 0.05) is 11.1 Å². The van der Waals surface area contributed by atoms with Crippen molar-refractivity contribution in [2.45, 2.75) is 31.2 Å². The van der Waals surface area contributed by atoms with Gasteiger partial charge in [0.2, 0.25) is 0 Å². The minimum absolute atomic E-state index is 0.157. The molecule has 21 heavy (non-hydrogen) atoms. The number of hydrogen-bond acceptors (Lipinski definition) is 1. The second-order valence-corrected chi connectivity index (χ2v) is 6.13. The van der Waals surface area contributed by atoms with Gasteiger partial charge in [0.05, 0.1) is 0 Å². The van der Waals surface area contributed by atoms with Gasteiger partial charge in [0.1, 0.15) is 5.82 Å². The summed E-state index contributed by atoms with van der Waals surface area (Å²) in [6.45, 7) is 0.892. The fourth-order valence-electron chi connectivity index (χ4n) is 2.96. The maximum atomic E-state index is 13.1. The molecule has 1 aliphatic carbocycles. The molecular formula is C18H19ClFN. The molecule has 0 aromatic heterocycles. The summed E-state index contributed by atoms with van der Waals surface area (Å²) in [4.78, 5) is 0. The number of halogens is 2. The standard InChI is InChI=1S/C18H19ClFN/c19-18-7-2-1-6-17(18)14-11-16(12-14)21-9-8-13-4-3-5-15(20)10-13/h1-7,10,14,16,21H,8-9,11-12H2. The van der Waals surface area contributed by atoms with E-state index in [0.29, 0.717) is 12.0 Å². The quantitative estimate of drug-likeness (QED) is 0.854. The van der Waals surface area contributed by atoms with Crippen LogP contribution in [-0.2, 0) is 6.42 Å². The monoisotopic (exact) mass is 303 g/mol. The number of rotatable bonds is 5. The zero-order chi connectivity index (χ0) is 14.7. The number of hydrogen-bond donors (Lipinski definition) is 1. The van der Waals surface area contributed by atoms with Crippen LogP contribution in [0.2, 0.25) is 5.02 Å². The SMILES string of the molecule is Fc1cccc(CCNC2CC(c3ccccc3Cl)C2)c1. The summed E-state index contributed by atoms with van der Waals surface area (Å²) < 4.78 is 13.1. The van der Waals surface area contributed by atoms with Crippen LogP contribution in [0.25, 0.3) is 0 Å². The van der Waals surface area contributed by atoms with Crippen molar-refractivity contribution >= 4 is 11.6 Å². The maximum Gasteiger partial charge on any atom is 0.123 e. The largest absolute Gasteiger partial charge is 0.314 e. The van der Waals surface area contributed by atoms with E-state index in [0.717, 1.165) is 36.4 Å². The van der Waals surface area contributed by atoms with E-state index >= 15 is 0 Å². The van der Waals surface area contributed by atoms with Crippen molar-refractivity contribution in [1.82, 2.24) is 5.32 Å². The number of nitrogens with one attached hydrogen (secondary N) is 1. The third-order valence-electron chi connectivity index (χ3n) is 4.22. The van der Waals surface area contributed by atoms with Crippen LogP contribution in [0.4, 0.5) is 4.39 Å². The zero-order valence-electron chi connectivity index (χ0n) is 11.9. The molecule has 0 unspecified atom stereocenters. The molecule has 1 aliphatic rings. The minimum Gasteiger partial charge on any atom is -0.314 e. The molecule has 1 saturated carbocycles. The molecule has 0 aliphatic heterocycles. The highest BCUT2D eigenvalue weighted by Gasteiger charge is 2.30. The maximum absolute atomic E-state index is 13.1. The van der Waals surface area contributed by atoms with Gasteiger partial charge in [-0.25, -0.2) is 4.39 Å². The molecule has 0 spiro atoms. The summed E-state index contributed by atoms with van der Waals surface area (Å²) in [5.74, 6) is 0.417. The van der Waals surface area contributed by atoms with Gasteiger partial charge in [-0.2, -0.15) is 0 Å². The molecule has 1 fully saturated rings. The van der Waals surface area contributed by atoms with Crippen LogP contribution in [0.1, 0.15) is 29.9 Å². The normalized spacial score (nSPS) is 21.0. The first-order valence-electron chi connectivity index (χ1n) is 7.44. The van der Waals surface area contributed by atoms with Crippen molar-refractivity contribution in [2.24, 2.45) is 0 Å². The van der Waals surface area contributed by atoms with Crippen molar-refractivity contribution in [3.05, 3.63) is 70.5 Å². The Morgan fingerprint density at radius 1 is 1.10 bits per heavy atom. The second kappa shape index (κ2) is 6.59. The number of benzene rings is 2. The molecule has 0 heterocycles. The summed E-state index contributed by atoms with van der Waals surface area (Å²) in [6, 6.07) is 15.5. The highest BCUT2D eigenvalue weighted by atomic mass is 35.5. The Hall–Kier alpha value is -1.38. The molecule has 0 atom stereocenters. The fraction of sp³-hybridized carbons (Fsp3) is 0.333. The van der Waals surface area contributed by atoms with Crippen LogP contribution in [-0.4, -0.2) is 12.6 Å². The van der Waals surface area contributed by atoms with Crippen LogP contribution in [0.15, 0.2) is 48.5 Å². The molecule has 1 nitrogen and oxygen atoms in total. The average Bonchev–Trinajstić information content (AvgIpc) is 2.43. The van der Waals surface area contributed by atoms with Crippen molar-refractivity contribution in [3.63, 3.8) is 0 Å². The topological polar surface area (TPSA) is 12.0 Å². The van der Waals surface area contributed by atoms with Gasteiger partial charge < -0.3 is 5.32 Å². The highest BCUT2D eigenvalue weighted by Crippen LogP contribution is 2.39. The first kappa shape index (κ1) is 14.6. The van der Waals surface area contributed by atoms with Crippen molar-refractivity contribution in [3.8, 4) is 0 Å². The van der Waals surface area contributed by atoms with Crippen LogP contribution in [0, 0.1) is 5.82 Å². The molecule has 2 aromatic rings. The van der Waals surface area contributed by atoms with Crippen molar-refractivity contribution in [2.75, 3.05) is 6.54 Å². The van der Waals surface area contributed by atoms with Gasteiger partial charge in [-0.3, -0.25) is 0 Å². The fourth-order valence-corrected chi connectivity index (χ4v) is 3.25. The Morgan fingerprint density at radius 3 is 2.67 bits per heavy atom. The predicted octanol–water partition coefficient (Wildman–Crippen LogP) is 4.56. The van der Waals surface area contributed by atoms with E-state index in [1.807, 2.05) is 24.3 Å². The lowest BCUT2D eigenvalue weighted by Gasteiger charge is -2.37. The molecule has 110 valence electrons. The molecule has 2 aromatic carbocycles. The van der Waals surface area contributed by atoms with E-state index in [4.69, 9.17) is 11.6 Å². The Balaban J connectivity index is 1.42. The van der Waals surface area contributed by atoms with Crippen LogP contribution in [0.3, 0.4) is 0 Å². The highest BCUT2D eigenvalue weighted by molar-refractivity contribution is 6.31. The third kappa shape index (κ3) is 3.63. The summed E-state index contributed by atoms with van der Waals surface area (Å²) >= 11 is 6.22. The molecular weight excluding hydrogens is 285 g/mol. The van der Waals surface area contributed by atoms with Crippen LogP contribution < -0.4 is 5.32 Å². The molecule has 3 heteroatoms. The van der Waals surface area contributed by atoms with Crippen LogP contribution in [0.5, 0.6) is 0 Å². The average molecular weight is 304 g/mol. The summed E-state index contributed by atoms with van der Waals surface area (Å²) in [6.07, 6.45) is 3.13. The predicted molar refractivity (Wildman–Crippen MR) is 85.3 cm³/mol. The summed E-state index contributed by atoms with van der Waals surface area (Å²) in [7, 11) is 0. The summed E-state index contributed by atoms with van der Waals surface area (Å²) in [5, 5.41) is 4.42. The van der Waals surface area contributed by atoms with Gasteiger partial charge in [-0.05, 0) is 61.1 Å². The molecule has 0 amide bonds. The van der Waals surface area contributed by atoms with Gasteiger partial charge in [-0.15, -0.1) is 0 Å². The van der Waals surface area contributed by atoms with E-state index < -0.39 is 0 Å². The lowest BCUT2D eigenvalue weighted by atomic mass is 9.76. The van der Waals surface area contributed by atoms with Gasteiger partial charge in [0.15, 0.2) is 0 Å². The summed E-state index contributed by atoms with van der Waals surface area (Å²) in [5.41, 5.74) is 2.31. The molecule has 0 saturated heterocycles. The Morgan fingerprint density at radius 2 is 1.90 bits per heavy atom. The Bertz CT molecular complexity index is 608. The lowest BCUT2D eigenvalue weighted by Crippen LogP contribution is -2.41. The van der Waals surface area contributed by atoms with Gasteiger partial charge in [-0.1, -0.05) is 41.9 Å². The third-order valence-corrected chi connectivity index (χ3v) is 4.56. The Kier molecular flexibility index (Phi) is 4.57. The first-order chi connectivity index (χ1) is 10.2. The molecule has 3 rings (SSSR count). The Labute approximate surface area is 130 Å². The molecule has 1 N–H and O–H groups in total. The molecule has 0 radical (unpaired) electrons. The zero-order valence-corrected chi connectivity index (χ0v) is 12.6.